The topological polar surface area (TPSA) is 61.5 Å². The van der Waals surface area contributed by atoms with E-state index < -0.39 is 11.8 Å². The first-order valence-corrected chi connectivity index (χ1v) is 4.39. The summed E-state index contributed by atoms with van der Waals surface area (Å²) in [5.74, 6) is -1.11. The van der Waals surface area contributed by atoms with E-state index in [0.717, 1.165) is 6.07 Å². The van der Waals surface area contributed by atoms with E-state index in [9.17, 15) is 9.18 Å². The molecule has 1 rings (SSSR count). The van der Waals surface area contributed by atoms with Crippen LogP contribution in [0.3, 0.4) is 0 Å². The average molecular weight is 213 g/mol. The van der Waals surface area contributed by atoms with Gasteiger partial charge in [0.05, 0.1) is 12.7 Å². The number of nitrogens with two attached hydrogens (primary N) is 1. The van der Waals surface area contributed by atoms with Crippen molar-refractivity contribution < 1.29 is 18.7 Å². The molecule has 0 saturated carbocycles. The van der Waals surface area contributed by atoms with Crippen LogP contribution in [0.4, 0.5) is 4.39 Å². The Labute approximate surface area is 86.8 Å². The van der Waals surface area contributed by atoms with E-state index in [-0.39, 0.29) is 17.9 Å². The van der Waals surface area contributed by atoms with Crippen LogP contribution in [0.1, 0.15) is 10.4 Å². The van der Waals surface area contributed by atoms with Gasteiger partial charge in [-0.1, -0.05) is 0 Å². The highest BCUT2D eigenvalue weighted by atomic mass is 19.1. The Bertz CT molecular complexity index is 355. The van der Waals surface area contributed by atoms with E-state index in [1.807, 2.05) is 0 Å². The van der Waals surface area contributed by atoms with Crippen molar-refractivity contribution in [2.24, 2.45) is 5.73 Å². The zero-order chi connectivity index (χ0) is 11.3. The van der Waals surface area contributed by atoms with E-state index in [1.54, 1.807) is 0 Å². The zero-order valence-corrected chi connectivity index (χ0v) is 8.33. The zero-order valence-electron chi connectivity index (χ0n) is 8.33. The van der Waals surface area contributed by atoms with Gasteiger partial charge in [-0.3, -0.25) is 0 Å². The summed E-state index contributed by atoms with van der Waals surface area (Å²) >= 11 is 0. The molecule has 82 valence electrons. The van der Waals surface area contributed by atoms with Crippen LogP contribution in [0.2, 0.25) is 0 Å². The van der Waals surface area contributed by atoms with Gasteiger partial charge in [-0.05, 0) is 18.2 Å². The second-order valence-corrected chi connectivity index (χ2v) is 2.77. The molecule has 0 bridgehead atoms. The minimum atomic E-state index is -0.605. The molecule has 0 saturated heterocycles. The maximum Gasteiger partial charge on any atom is 0.337 e. The number of benzene rings is 1. The molecule has 1 aromatic carbocycles. The fraction of sp³-hybridized carbons (Fsp3) is 0.300. The molecule has 15 heavy (non-hydrogen) atoms. The third-order valence-electron chi connectivity index (χ3n) is 1.73. The monoisotopic (exact) mass is 213 g/mol. The van der Waals surface area contributed by atoms with E-state index in [1.165, 1.54) is 19.2 Å². The second kappa shape index (κ2) is 5.31. The van der Waals surface area contributed by atoms with Crippen LogP contribution in [0.25, 0.3) is 0 Å². The number of halogens is 1. The molecule has 0 aliphatic heterocycles. The number of carbonyl (C=O) groups excluding carboxylic acids is 1. The van der Waals surface area contributed by atoms with Crippen LogP contribution in [-0.4, -0.2) is 26.2 Å². The largest absolute Gasteiger partial charge is 0.489 e. The summed E-state index contributed by atoms with van der Waals surface area (Å²) in [6.07, 6.45) is 0. The van der Waals surface area contributed by atoms with Crippen LogP contribution in [0.5, 0.6) is 5.75 Å². The lowest BCUT2D eigenvalue weighted by atomic mass is 10.2. The Balaban J connectivity index is 2.83. The molecule has 0 atom stereocenters. The van der Waals surface area contributed by atoms with Crippen molar-refractivity contribution in [2.75, 3.05) is 20.3 Å². The van der Waals surface area contributed by atoms with Gasteiger partial charge in [-0.25, -0.2) is 9.18 Å². The molecule has 0 fully saturated rings. The first-order valence-electron chi connectivity index (χ1n) is 4.39. The predicted molar refractivity (Wildman–Crippen MR) is 52.3 cm³/mol. The molecule has 5 heteroatoms. The predicted octanol–water partition coefficient (Wildman–Crippen LogP) is 0.950. The van der Waals surface area contributed by atoms with Crippen LogP contribution in [0, 0.1) is 5.82 Å². The summed E-state index contributed by atoms with van der Waals surface area (Å²) in [5.41, 5.74) is 5.35. The summed E-state index contributed by atoms with van der Waals surface area (Å²) in [6.45, 7) is 0.534. The van der Waals surface area contributed by atoms with Crippen LogP contribution in [0.15, 0.2) is 18.2 Å². The molecule has 2 N–H and O–H groups in total. The minimum absolute atomic E-state index is 0.0769. The van der Waals surface area contributed by atoms with Crippen molar-refractivity contribution in [3.05, 3.63) is 29.6 Å². The smallest absolute Gasteiger partial charge is 0.337 e. The molecule has 0 amide bonds. The Morgan fingerprint density at radius 1 is 1.53 bits per heavy atom. The van der Waals surface area contributed by atoms with Gasteiger partial charge in [0.1, 0.15) is 6.61 Å². The first kappa shape index (κ1) is 11.5. The molecule has 0 aliphatic rings. The molecule has 0 radical (unpaired) electrons. The van der Waals surface area contributed by atoms with Crippen molar-refractivity contribution in [1.82, 2.24) is 0 Å². The van der Waals surface area contributed by atoms with Gasteiger partial charge in [0.2, 0.25) is 0 Å². The molecule has 0 spiro atoms. The number of ether oxygens (including phenoxy) is 2. The number of hydrogen-bond donors (Lipinski definition) is 1. The standard InChI is InChI=1S/C10H12FNO3/c1-14-10(13)7-2-3-9(8(11)6-7)15-5-4-12/h2-3,6H,4-5,12H2,1H3. The van der Waals surface area contributed by atoms with Crippen molar-refractivity contribution in [2.45, 2.75) is 0 Å². The van der Waals surface area contributed by atoms with Crippen LogP contribution >= 0.6 is 0 Å². The van der Waals surface area contributed by atoms with E-state index in [4.69, 9.17) is 10.5 Å². The van der Waals surface area contributed by atoms with Crippen molar-refractivity contribution in [3.63, 3.8) is 0 Å². The van der Waals surface area contributed by atoms with E-state index in [2.05, 4.69) is 4.74 Å². The fourth-order valence-electron chi connectivity index (χ4n) is 1.03. The van der Waals surface area contributed by atoms with Gasteiger partial charge in [0.15, 0.2) is 11.6 Å². The maximum absolute atomic E-state index is 13.3. The fourth-order valence-corrected chi connectivity index (χ4v) is 1.03. The quantitative estimate of drug-likeness (QED) is 0.756. The van der Waals surface area contributed by atoms with Crippen LogP contribution < -0.4 is 10.5 Å². The Morgan fingerprint density at radius 3 is 2.80 bits per heavy atom. The second-order valence-electron chi connectivity index (χ2n) is 2.77. The lowest BCUT2D eigenvalue weighted by Crippen LogP contribution is -2.11. The highest BCUT2D eigenvalue weighted by molar-refractivity contribution is 5.89. The maximum atomic E-state index is 13.3. The molecule has 0 aliphatic carbocycles. The normalized spacial score (nSPS) is 9.80. The van der Waals surface area contributed by atoms with E-state index >= 15 is 0 Å². The van der Waals surface area contributed by atoms with Crippen molar-refractivity contribution >= 4 is 5.97 Å². The third-order valence-corrected chi connectivity index (χ3v) is 1.73. The lowest BCUT2D eigenvalue weighted by molar-refractivity contribution is 0.0600. The molecular formula is C10H12FNO3. The SMILES string of the molecule is COC(=O)c1ccc(OCCN)c(F)c1. The third kappa shape index (κ3) is 2.92. The summed E-state index contributed by atoms with van der Waals surface area (Å²) in [6, 6.07) is 3.87. The summed E-state index contributed by atoms with van der Waals surface area (Å²) in [7, 11) is 1.24. The molecule has 0 heterocycles. The Morgan fingerprint density at radius 2 is 2.27 bits per heavy atom. The van der Waals surface area contributed by atoms with Gasteiger partial charge in [0, 0.05) is 6.54 Å². The summed E-state index contributed by atoms with van der Waals surface area (Å²) in [5, 5.41) is 0. The van der Waals surface area contributed by atoms with Gasteiger partial charge < -0.3 is 15.2 Å². The van der Waals surface area contributed by atoms with Gasteiger partial charge in [0.25, 0.3) is 0 Å². The van der Waals surface area contributed by atoms with Gasteiger partial charge >= 0.3 is 5.97 Å². The van der Waals surface area contributed by atoms with Gasteiger partial charge in [-0.15, -0.1) is 0 Å². The number of esters is 1. The molecule has 0 unspecified atom stereocenters. The molecule has 0 aromatic heterocycles. The average Bonchev–Trinajstić information content (AvgIpc) is 2.26. The van der Waals surface area contributed by atoms with Crippen LogP contribution in [-0.2, 0) is 4.74 Å². The number of rotatable bonds is 4. The van der Waals surface area contributed by atoms with Gasteiger partial charge in [-0.2, -0.15) is 0 Å². The van der Waals surface area contributed by atoms with E-state index in [0.29, 0.717) is 6.54 Å². The highest BCUT2D eigenvalue weighted by Gasteiger charge is 2.10. The Kier molecular flexibility index (Phi) is 4.05. The number of methoxy groups -OCH3 is 1. The summed E-state index contributed by atoms with van der Waals surface area (Å²) < 4.78 is 22.7. The Hall–Kier alpha value is -1.62. The van der Waals surface area contributed by atoms with Crippen molar-refractivity contribution in [3.8, 4) is 5.75 Å². The molecule has 1 aromatic rings. The lowest BCUT2D eigenvalue weighted by Gasteiger charge is -2.06. The molecule has 4 nitrogen and oxygen atoms in total. The number of carbonyl (C=O) groups is 1. The molecular weight excluding hydrogens is 201 g/mol. The minimum Gasteiger partial charge on any atom is -0.489 e. The van der Waals surface area contributed by atoms with Crippen molar-refractivity contribution in [1.29, 1.82) is 0 Å². The number of hydrogen-bond acceptors (Lipinski definition) is 4. The summed E-state index contributed by atoms with van der Waals surface area (Å²) in [4.78, 5) is 11.0. The highest BCUT2D eigenvalue weighted by Crippen LogP contribution is 2.18. The first-order chi connectivity index (χ1) is 7.19.